The highest BCUT2D eigenvalue weighted by Gasteiger charge is 2.15. The molecule has 2 rings (SSSR count). The van der Waals surface area contributed by atoms with E-state index in [1.807, 2.05) is 30.3 Å². The molecule has 2 aromatic rings. The van der Waals surface area contributed by atoms with Gasteiger partial charge in [0.2, 0.25) is 5.91 Å². The lowest BCUT2D eigenvalue weighted by Gasteiger charge is -2.20. The van der Waals surface area contributed by atoms with Crippen LogP contribution in [0.1, 0.15) is 18.0 Å². The molecule has 0 spiro atoms. The highest BCUT2D eigenvalue weighted by atomic mass is 35.5. The molecule has 0 bridgehead atoms. The van der Waals surface area contributed by atoms with E-state index in [9.17, 15) is 14.7 Å². The predicted molar refractivity (Wildman–Crippen MR) is 89.1 cm³/mol. The number of aliphatic carboxylic acids is 1. The van der Waals surface area contributed by atoms with Crippen LogP contribution in [0.2, 0.25) is 5.02 Å². The summed E-state index contributed by atoms with van der Waals surface area (Å²) < 4.78 is 0. The summed E-state index contributed by atoms with van der Waals surface area (Å²) in [6.45, 7) is 0. The van der Waals surface area contributed by atoms with E-state index in [1.165, 1.54) is 11.8 Å². The fourth-order valence-corrected chi connectivity index (χ4v) is 2.97. The Morgan fingerprint density at radius 2 is 1.87 bits per heavy atom. The minimum atomic E-state index is -1.23. The maximum absolute atomic E-state index is 12.1. The van der Waals surface area contributed by atoms with Crippen molar-refractivity contribution in [3.8, 4) is 0 Å². The van der Waals surface area contributed by atoms with Crippen LogP contribution in [0.3, 0.4) is 0 Å². The van der Waals surface area contributed by atoms with Gasteiger partial charge in [-0.15, -0.1) is 11.8 Å². The van der Waals surface area contributed by atoms with Crippen LogP contribution in [0.4, 0.5) is 0 Å². The van der Waals surface area contributed by atoms with E-state index >= 15 is 0 Å². The second-order valence-corrected chi connectivity index (χ2v) is 6.34. The van der Waals surface area contributed by atoms with E-state index in [4.69, 9.17) is 11.6 Å². The Kier molecular flexibility index (Phi) is 6.50. The number of carbonyl (C=O) groups is 2. The molecule has 1 amide bonds. The zero-order valence-corrected chi connectivity index (χ0v) is 13.8. The maximum Gasteiger partial charge on any atom is 0.230 e. The van der Waals surface area contributed by atoms with E-state index in [-0.39, 0.29) is 18.1 Å². The van der Waals surface area contributed by atoms with Gasteiger partial charge in [-0.1, -0.05) is 41.9 Å². The lowest BCUT2D eigenvalue weighted by atomic mass is 10.0. The molecular weight excluding hydrogens is 334 g/mol. The minimum Gasteiger partial charge on any atom is -0.550 e. The van der Waals surface area contributed by atoms with Crippen molar-refractivity contribution in [3.63, 3.8) is 0 Å². The number of benzene rings is 2. The average molecular weight is 349 g/mol. The number of carboxylic acids is 1. The Balaban J connectivity index is 1.99. The molecule has 0 aliphatic carbocycles. The van der Waals surface area contributed by atoms with Crippen molar-refractivity contribution in [1.29, 1.82) is 0 Å². The Bertz CT molecular complexity index is 679. The lowest BCUT2D eigenvalue weighted by molar-refractivity contribution is -0.306. The number of thioether (sulfide) groups is 1. The Labute approximate surface area is 143 Å². The van der Waals surface area contributed by atoms with Gasteiger partial charge in [0.1, 0.15) is 0 Å². The summed E-state index contributed by atoms with van der Waals surface area (Å²) in [7, 11) is 0. The molecule has 0 fully saturated rings. The second kappa shape index (κ2) is 8.60. The topological polar surface area (TPSA) is 69.2 Å². The van der Waals surface area contributed by atoms with Gasteiger partial charge in [0.05, 0.1) is 11.8 Å². The Hall–Kier alpha value is -1.98. The molecule has 1 atom stereocenters. The van der Waals surface area contributed by atoms with Crippen molar-refractivity contribution in [2.24, 2.45) is 0 Å². The third-order valence-corrected chi connectivity index (χ3v) is 4.32. The summed E-state index contributed by atoms with van der Waals surface area (Å²) in [6, 6.07) is 15.6. The lowest BCUT2D eigenvalue weighted by Crippen LogP contribution is -2.35. The smallest absolute Gasteiger partial charge is 0.230 e. The van der Waals surface area contributed by atoms with Gasteiger partial charge in [-0.2, -0.15) is 0 Å². The standard InChI is InChI=1S/C17H16ClNO3S/c18-13-6-4-5-12(9-13)15(10-17(21)22)19-16(20)11-23-14-7-2-1-3-8-14/h1-9,15H,10-11H2,(H,19,20)(H,21,22)/p-1/t15-/m1/s1. The summed E-state index contributed by atoms with van der Waals surface area (Å²) >= 11 is 7.31. The summed E-state index contributed by atoms with van der Waals surface area (Å²) in [5.41, 5.74) is 0.639. The van der Waals surface area contributed by atoms with Crippen molar-refractivity contribution in [3.05, 3.63) is 65.2 Å². The molecule has 2 aromatic carbocycles. The predicted octanol–water partition coefficient (Wildman–Crippen LogP) is 2.43. The van der Waals surface area contributed by atoms with Gasteiger partial charge in [-0.05, 0) is 29.8 Å². The van der Waals surface area contributed by atoms with Gasteiger partial charge in [0.25, 0.3) is 0 Å². The van der Waals surface area contributed by atoms with Crippen LogP contribution in [0.25, 0.3) is 0 Å². The average Bonchev–Trinajstić information content (AvgIpc) is 2.53. The first-order chi connectivity index (χ1) is 11.0. The van der Waals surface area contributed by atoms with Crippen LogP contribution in [0, 0.1) is 0 Å². The van der Waals surface area contributed by atoms with E-state index in [2.05, 4.69) is 5.32 Å². The molecule has 1 N–H and O–H groups in total. The largest absolute Gasteiger partial charge is 0.550 e. The SMILES string of the molecule is O=C([O-])C[C@@H](NC(=O)CSc1ccccc1)c1cccc(Cl)c1. The number of rotatable bonds is 7. The van der Waals surface area contributed by atoms with Crippen LogP contribution in [-0.4, -0.2) is 17.6 Å². The van der Waals surface area contributed by atoms with Crippen molar-refractivity contribution < 1.29 is 14.7 Å². The van der Waals surface area contributed by atoms with Gasteiger partial charge >= 0.3 is 0 Å². The molecule has 0 heterocycles. The van der Waals surface area contributed by atoms with Gasteiger partial charge in [-0.25, -0.2) is 0 Å². The van der Waals surface area contributed by atoms with E-state index in [0.29, 0.717) is 10.6 Å². The van der Waals surface area contributed by atoms with E-state index in [1.54, 1.807) is 24.3 Å². The zero-order chi connectivity index (χ0) is 16.7. The molecule has 0 saturated heterocycles. The summed E-state index contributed by atoms with van der Waals surface area (Å²) in [5, 5.41) is 14.1. The first kappa shape index (κ1) is 17.4. The van der Waals surface area contributed by atoms with Gasteiger partial charge < -0.3 is 15.2 Å². The van der Waals surface area contributed by atoms with Gasteiger partial charge in [0.15, 0.2) is 0 Å². The fourth-order valence-electron chi connectivity index (χ4n) is 2.04. The van der Waals surface area contributed by atoms with Crippen molar-refractivity contribution in [2.45, 2.75) is 17.4 Å². The highest BCUT2D eigenvalue weighted by Crippen LogP contribution is 2.21. The number of hydrogen-bond donors (Lipinski definition) is 1. The Morgan fingerprint density at radius 3 is 2.52 bits per heavy atom. The molecule has 0 aromatic heterocycles. The quantitative estimate of drug-likeness (QED) is 0.780. The van der Waals surface area contributed by atoms with E-state index < -0.39 is 12.0 Å². The summed E-state index contributed by atoms with van der Waals surface area (Å²) in [5.74, 6) is -1.27. The van der Waals surface area contributed by atoms with Crippen LogP contribution < -0.4 is 10.4 Å². The van der Waals surface area contributed by atoms with Crippen LogP contribution in [0.5, 0.6) is 0 Å². The number of amides is 1. The minimum absolute atomic E-state index is 0.203. The highest BCUT2D eigenvalue weighted by molar-refractivity contribution is 8.00. The van der Waals surface area contributed by atoms with Crippen LogP contribution in [-0.2, 0) is 9.59 Å². The number of carboxylic acid groups (broad SMARTS) is 1. The molecule has 4 nitrogen and oxygen atoms in total. The fraction of sp³-hybridized carbons (Fsp3) is 0.176. The molecule has 0 aliphatic rings. The molecule has 6 heteroatoms. The van der Waals surface area contributed by atoms with Crippen molar-refractivity contribution in [1.82, 2.24) is 5.32 Å². The second-order valence-electron chi connectivity index (χ2n) is 4.85. The summed E-state index contributed by atoms with van der Waals surface area (Å²) in [6.07, 6.45) is -0.303. The number of nitrogens with one attached hydrogen (secondary N) is 1. The van der Waals surface area contributed by atoms with Crippen molar-refractivity contribution in [2.75, 3.05) is 5.75 Å². The molecule has 0 saturated carbocycles. The molecule has 0 unspecified atom stereocenters. The number of hydrogen-bond acceptors (Lipinski definition) is 4. The number of carbonyl (C=O) groups excluding carboxylic acids is 2. The molecule has 23 heavy (non-hydrogen) atoms. The Morgan fingerprint density at radius 1 is 1.13 bits per heavy atom. The molecule has 0 radical (unpaired) electrons. The number of halogens is 1. The van der Waals surface area contributed by atoms with Gasteiger partial charge in [0, 0.05) is 22.3 Å². The zero-order valence-electron chi connectivity index (χ0n) is 12.2. The van der Waals surface area contributed by atoms with Crippen LogP contribution >= 0.6 is 23.4 Å². The van der Waals surface area contributed by atoms with E-state index in [0.717, 1.165) is 4.90 Å². The summed E-state index contributed by atoms with van der Waals surface area (Å²) in [4.78, 5) is 24.0. The molecule has 120 valence electrons. The monoisotopic (exact) mass is 348 g/mol. The maximum atomic E-state index is 12.1. The van der Waals surface area contributed by atoms with Gasteiger partial charge in [-0.3, -0.25) is 4.79 Å². The van der Waals surface area contributed by atoms with Crippen LogP contribution in [0.15, 0.2) is 59.5 Å². The first-order valence-corrected chi connectivity index (χ1v) is 8.33. The first-order valence-electron chi connectivity index (χ1n) is 6.97. The molecule has 0 aliphatic heterocycles. The molecular formula is C17H15ClNO3S-. The normalized spacial score (nSPS) is 11.7. The van der Waals surface area contributed by atoms with Crippen molar-refractivity contribution >= 4 is 35.2 Å². The third kappa shape index (κ3) is 5.96. The third-order valence-electron chi connectivity index (χ3n) is 3.07.